The molecule has 0 aliphatic carbocycles. The van der Waals surface area contributed by atoms with Crippen LogP contribution in [0.3, 0.4) is 0 Å². The molecule has 3 N–H and O–H groups in total. The van der Waals surface area contributed by atoms with Crippen LogP contribution in [0.4, 0.5) is 0 Å². The molecule has 6 nitrogen and oxygen atoms in total. The van der Waals surface area contributed by atoms with E-state index in [9.17, 15) is 9.59 Å². The van der Waals surface area contributed by atoms with Crippen molar-refractivity contribution in [2.24, 2.45) is 11.7 Å². The fourth-order valence-electron chi connectivity index (χ4n) is 1.89. The van der Waals surface area contributed by atoms with Crippen molar-refractivity contribution in [2.45, 2.75) is 32.7 Å². The number of hydrogen-bond donors (Lipinski definition) is 2. The van der Waals surface area contributed by atoms with Gasteiger partial charge in [-0.15, -0.1) is 0 Å². The van der Waals surface area contributed by atoms with E-state index in [0.717, 1.165) is 6.42 Å². The Morgan fingerprint density at radius 1 is 1.37 bits per heavy atom. The Kier molecular flexibility index (Phi) is 6.80. The number of nitrogens with zero attached hydrogens (tertiary/aromatic N) is 1. The second kappa shape index (κ2) is 8.12. The average molecular weight is 271 g/mol. The molecule has 110 valence electrons. The summed E-state index contributed by atoms with van der Waals surface area (Å²) in [7, 11) is 0. The van der Waals surface area contributed by atoms with Crippen LogP contribution < -0.4 is 11.1 Å². The molecule has 1 aliphatic heterocycles. The first-order chi connectivity index (χ1) is 9.06. The highest BCUT2D eigenvalue weighted by Crippen LogP contribution is 2.05. The van der Waals surface area contributed by atoms with Gasteiger partial charge in [0.05, 0.1) is 19.3 Å². The Balaban J connectivity index is 2.22. The van der Waals surface area contributed by atoms with Crippen molar-refractivity contribution in [1.82, 2.24) is 10.2 Å². The first-order valence-corrected chi connectivity index (χ1v) is 6.95. The monoisotopic (exact) mass is 271 g/mol. The van der Waals surface area contributed by atoms with Gasteiger partial charge in [0.1, 0.15) is 0 Å². The largest absolute Gasteiger partial charge is 0.378 e. The van der Waals surface area contributed by atoms with Gasteiger partial charge >= 0.3 is 0 Å². The van der Waals surface area contributed by atoms with Crippen molar-refractivity contribution in [1.29, 1.82) is 0 Å². The van der Waals surface area contributed by atoms with Gasteiger partial charge in [0.15, 0.2) is 0 Å². The molecule has 1 rings (SSSR count). The maximum Gasteiger partial charge on any atom is 0.237 e. The van der Waals surface area contributed by atoms with Gasteiger partial charge in [0, 0.05) is 26.1 Å². The van der Waals surface area contributed by atoms with Crippen LogP contribution in [0.1, 0.15) is 26.7 Å². The minimum Gasteiger partial charge on any atom is -0.378 e. The summed E-state index contributed by atoms with van der Waals surface area (Å²) in [5.74, 6) is 0.0276. The SMILES string of the molecule is CCC(C)[C@H](N)C(=O)NCCC(=O)N1CCOCC1. The Morgan fingerprint density at radius 3 is 2.58 bits per heavy atom. The molecule has 0 bridgehead atoms. The lowest BCUT2D eigenvalue weighted by atomic mass is 9.99. The van der Waals surface area contributed by atoms with E-state index in [-0.39, 0.29) is 17.7 Å². The van der Waals surface area contributed by atoms with E-state index in [1.54, 1.807) is 4.90 Å². The number of nitrogens with one attached hydrogen (secondary N) is 1. The van der Waals surface area contributed by atoms with Crippen molar-refractivity contribution in [3.8, 4) is 0 Å². The van der Waals surface area contributed by atoms with Gasteiger partial charge in [-0.05, 0) is 5.92 Å². The van der Waals surface area contributed by atoms with Crippen molar-refractivity contribution >= 4 is 11.8 Å². The highest BCUT2D eigenvalue weighted by atomic mass is 16.5. The van der Waals surface area contributed by atoms with Crippen molar-refractivity contribution in [3.05, 3.63) is 0 Å². The lowest BCUT2D eigenvalue weighted by molar-refractivity contribution is -0.135. The van der Waals surface area contributed by atoms with Gasteiger partial charge in [-0.25, -0.2) is 0 Å². The third-order valence-corrected chi connectivity index (χ3v) is 3.56. The molecule has 1 saturated heterocycles. The van der Waals surface area contributed by atoms with E-state index in [2.05, 4.69) is 5.32 Å². The third kappa shape index (κ3) is 5.16. The van der Waals surface area contributed by atoms with Crippen LogP contribution in [-0.2, 0) is 14.3 Å². The lowest BCUT2D eigenvalue weighted by Crippen LogP contribution is -2.46. The fourth-order valence-corrected chi connectivity index (χ4v) is 1.89. The first kappa shape index (κ1) is 15.9. The maximum atomic E-state index is 11.8. The zero-order valence-electron chi connectivity index (χ0n) is 11.9. The molecular formula is C13H25N3O3. The quantitative estimate of drug-likeness (QED) is 0.696. The summed E-state index contributed by atoms with van der Waals surface area (Å²) in [4.78, 5) is 25.3. The molecule has 1 fully saturated rings. The summed E-state index contributed by atoms with van der Waals surface area (Å²) >= 11 is 0. The van der Waals surface area contributed by atoms with Crippen molar-refractivity contribution in [3.63, 3.8) is 0 Å². The molecule has 0 saturated carbocycles. The van der Waals surface area contributed by atoms with E-state index >= 15 is 0 Å². The van der Waals surface area contributed by atoms with Gasteiger partial charge in [-0.2, -0.15) is 0 Å². The summed E-state index contributed by atoms with van der Waals surface area (Å²) in [5.41, 5.74) is 5.81. The number of morpholine rings is 1. The molecule has 2 atom stereocenters. The van der Waals surface area contributed by atoms with E-state index in [1.165, 1.54) is 0 Å². The predicted molar refractivity (Wildman–Crippen MR) is 72.5 cm³/mol. The number of ether oxygens (including phenoxy) is 1. The second-order valence-corrected chi connectivity index (χ2v) is 4.95. The summed E-state index contributed by atoms with van der Waals surface area (Å²) in [6.07, 6.45) is 1.18. The van der Waals surface area contributed by atoms with Crippen LogP contribution in [0.15, 0.2) is 0 Å². The fraction of sp³-hybridized carbons (Fsp3) is 0.846. The lowest BCUT2D eigenvalue weighted by Gasteiger charge is -2.27. The minimum atomic E-state index is -0.497. The minimum absolute atomic E-state index is 0.0562. The number of carbonyl (C=O) groups excluding carboxylic acids is 2. The number of amides is 2. The summed E-state index contributed by atoms with van der Waals surface area (Å²) in [6.45, 7) is 6.76. The van der Waals surface area contributed by atoms with Crippen LogP contribution in [0.5, 0.6) is 0 Å². The highest BCUT2D eigenvalue weighted by molar-refractivity contribution is 5.82. The molecule has 0 aromatic carbocycles. The van der Waals surface area contributed by atoms with E-state index in [0.29, 0.717) is 39.3 Å². The van der Waals surface area contributed by atoms with Gasteiger partial charge in [-0.1, -0.05) is 20.3 Å². The molecule has 0 radical (unpaired) electrons. The standard InChI is InChI=1S/C13H25N3O3/c1-3-10(2)12(14)13(18)15-5-4-11(17)16-6-8-19-9-7-16/h10,12H,3-9,14H2,1-2H3,(H,15,18)/t10?,12-/m0/s1. The number of nitrogens with two attached hydrogens (primary N) is 1. The second-order valence-electron chi connectivity index (χ2n) is 4.95. The Morgan fingerprint density at radius 2 is 2.00 bits per heavy atom. The van der Waals surface area contributed by atoms with Gasteiger partial charge in [-0.3, -0.25) is 9.59 Å². The number of carbonyl (C=O) groups is 2. The van der Waals surface area contributed by atoms with Gasteiger partial charge in [0.2, 0.25) is 11.8 Å². The Hall–Kier alpha value is -1.14. The predicted octanol–water partition coefficient (Wildman–Crippen LogP) is -0.275. The molecule has 19 heavy (non-hydrogen) atoms. The molecule has 0 aromatic rings. The van der Waals surface area contributed by atoms with Gasteiger partial charge < -0.3 is 20.7 Å². The zero-order valence-corrected chi connectivity index (χ0v) is 11.9. The molecule has 0 spiro atoms. The highest BCUT2D eigenvalue weighted by Gasteiger charge is 2.20. The van der Waals surface area contributed by atoms with Crippen LogP contribution >= 0.6 is 0 Å². The number of rotatable bonds is 6. The normalized spacial score (nSPS) is 18.8. The average Bonchev–Trinajstić information content (AvgIpc) is 2.46. The van der Waals surface area contributed by atoms with Crippen molar-refractivity contribution < 1.29 is 14.3 Å². The molecule has 1 heterocycles. The van der Waals surface area contributed by atoms with Crippen LogP contribution in [-0.4, -0.2) is 55.6 Å². The smallest absolute Gasteiger partial charge is 0.237 e. The summed E-state index contributed by atoms with van der Waals surface area (Å²) < 4.78 is 5.18. The first-order valence-electron chi connectivity index (χ1n) is 6.95. The number of hydrogen-bond acceptors (Lipinski definition) is 4. The maximum absolute atomic E-state index is 11.8. The molecule has 6 heteroatoms. The molecule has 0 aromatic heterocycles. The van der Waals surface area contributed by atoms with Crippen LogP contribution in [0.25, 0.3) is 0 Å². The third-order valence-electron chi connectivity index (χ3n) is 3.56. The van der Waals surface area contributed by atoms with E-state index in [1.807, 2.05) is 13.8 Å². The Labute approximate surface area is 114 Å². The molecule has 2 amide bonds. The summed E-state index contributed by atoms with van der Waals surface area (Å²) in [6, 6.07) is -0.497. The molecule has 1 unspecified atom stereocenters. The zero-order chi connectivity index (χ0) is 14.3. The van der Waals surface area contributed by atoms with E-state index in [4.69, 9.17) is 10.5 Å². The van der Waals surface area contributed by atoms with Crippen LogP contribution in [0, 0.1) is 5.92 Å². The summed E-state index contributed by atoms with van der Waals surface area (Å²) in [5, 5.41) is 2.72. The molecular weight excluding hydrogens is 246 g/mol. The topological polar surface area (TPSA) is 84.7 Å². The van der Waals surface area contributed by atoms with Crippen molar-refractivity contribution in [2.75, 3.05) is 32.8 Å². The Bertz CT molecular complexity index is 290. The van der Waals surface area contributed by atoms with Crippen LogP contribution in [0.2, 0.25) is 0 Å². The van der Waals surface area contributed by atoms with Gasteiger partial charge in [0.25, 0.3) is 0 Å². The van der Waals surface area contributed by atoms with E-state index < -0.39 is 6.04 Å². The molecule has 1 aliphatic rings.